The molecule has 1 aromatic carbocycles. The van der Waals surface area contributed by atoms with E-state index in [2.05, 4.69) is 54.2 Å². The number of hydrogen-bond donors (Lipinski definition) is 1. The van der Waals surface area contributed by atoms with Crippen LogP contribution in [0.15, 0.2) is 12.1 Å². The largest absolute Gasteiger partial charge is 0.496 e. The third-order valence-corrected chi connectivity index (χ3v) is 2.74. The van der Waals surface area contributed by atoms with Crippen LogP contribution in [-0.2, 0) is 0 Å². The highest BCUT2D eigenvalue weighted by atomic mass is 79.9. The minimum Gasteiger partial charge on any atom is -0.496 e. The zero-order valence-corrected chi connectivity index (χ0v) is 11.3. The zero-order chi connectivity index (χ0) is 11.4. The van der Waals surface area contributed by atoms with Crippen molar-refractivity contribution in [2.75, 3.05) is 17.9 Å². The number of aryl methyl sites for hydroxylation is 1. The fraction of sp³-hybridized carbons (Fsp3) is 0.500. The Hall–Kier alpha value is -0.700. The van der Waals surface area contributed by atoms with Gasteiger partial charge in [0.15, 0.2) is 0 Å². The molecular weight excluding hydrogens is 254 g/mol. The van der Waals surface area contributed by atoms with Gasteiger partial charge in [0, 0.05) is 5.69 Å². The Morgan fingerprint density at radius 2 is 2.07 bits per heavy atom. The van der Waals surface area contributed by atoms with Crippen LogP contribution in [0.1, 0.15) is 30.9 Å². The first-order chi connectivity index (χ1) is 7.10. The molecule has 1 aromatic rings. The lowest BCUT2D eigenvalue weighted by atomic mass is 9.99. The van der Waals surface area contributed by atoms with E-state index in [9.17, 15) is 0 Å². The molecule has 2 nitrogen and oxygen atoms in total. The minimum absolute atomic E-state index is 0.469. The van der Waals surface area contributed by atoms with E-state index in [-0.39, 0.29) is 0 Å². The van der Waals surface area contributed by atoms with E-state index >= 15 is 0 Å². The average Bonchev–Trinajstić information content (AvgIpc) is 2.20. The van der Waals surface area contributed by atoms with Crippen molar-refractivity contribution in [1.29, 1.82) is 0 Å². The van der Waals surface area contributed by atoms with E-state index in [1.165, 1.54) is 11.1 Å². The number of nitrogens with one attached hydrogen (secondary N) is 1. The second kappa shape index (κ2) is 5.40. The average molecular weight is 272 g/mol. The molecule has 3 heteroatoms. The molecule has 0 atom stereocenters. The van der Waals surface area contributed by atoms with Crippen molar-refractivity contribution in [3.8, 4) is 5.75 Å². The molecule has 0 bridgehead atoms. The van der Waals surface area contributed by atoms with E-state index in [1.54, 1.807) is 7.11 Å². The van der Waals surface area contributed by atoms with Gasteiger partial charge in [0.1, 0.15) is 5.75 Å². The van der Waals surface area contributed by atoms with Gasteiger partial charge in [0.25, 0.3) is 0 Å². The molecule has 84 valence electrons. The van der Waals surface area contributed by atoms with Crippen molar-refractivity contribution in [1.82, 2.24) is 0 Å². The lowest BCUT2D eigenvalue weighted by Crippen LogP contribution is -2.01. The SMILES string of the molecule is COc1cc(C)c(NCBr)cc1C(C)C. The summed E-state index contributed by atoms with van der Waals surface area (Å²) in [6.45, 7) is 6.42. The summed E-state index contributed by atoms with van der Waals surface area (Å²) in [5.41, 5.74) is 4.37. The molecule has 0 aliphatic heterocycles. The van der Waals surface area contributed by atoms with Crippen LogP contribution in [0.25, 0.3) is 0 Å². The van der Waals surface area contributed by atoms with E-state index in [1.807, 2.05) is 0 Å². The Kier molecular flexibility index (Phi) is 4.45. The summed E-state index contributed by atoms with van der Waals surface area (Å²) in [5, 5.41) is 3.28. The summed E-state index contributed by atoms with van der Waals surface area (Å²) in [6.07, 6.45) is 0. The molecule has 0 aliphatic carbocycles. The van der Waals surface area contributed by atoms with Crippen LogP contribution >= 0.6 is 15.9 Å². The van der Waals surface area contributed by atoms with E-state index in [0.717, 1.165) is 16.9 Å². The van der Waals surface area contributed by atoms with Crippen molar-refractivity contribution < 1.29 is 4.74 Å². The number of halogens is 1. The van der Waals surface area contributed by atoms with Crippen molar-refractivity contribution in [2.24, 2.45) is 0 Å². The maximum Gasteiger partial charge on any atom is 0.122 e. The van der Waals surface area contributed by atoms with Crippen molar-refractivity contribution in [3.05, 3.63) is 23.3 Å². The second-order valence-electron chi connectivity index (χ2n) is 3.87. The van der Waals surface area contributed by atoms with Crippen LogP contribution in [-0.4, -0.2) is 12.6 Å². The van der Waals surface area contributed by atoms with Crippen LogP contribution in [0.5, 0.6) is 5.75 Å². The van der Waals surface area contributed by atoms with Gasteiger partial charge in [-0.05, 0) is 36.1 Å². The second-order valence-corrected chi connectivity index (χ2v) is 4.43. The fourth-order valence-electron chi connectivity index (χ4n) is 1.59. The number of alkyl halides is 1. The van der Waals surface area contributed by atoms with Gasteiger partial charge in [-0.1, -0.05) is 29.8 Å². The molecule has 1 N–H and O–H groups in total. The molecule has 0 aromatic heterocycles. The number of ether oxygens (including phenoxy) is 1. The summed E-state index contributed by atoms with van der Waals surface area (Å²) >= 11 is 3.38. The predicted octanol–water partition coefficient (Wildman–Crippen LogP) is 3.89. The third kappa shape index (κ3) is 2.88. The Morgan fingerprint density at radius 1 is 1.40 bits per heavy atom. The van der Waals surface area contributed by atoms with Gasteiger partial charge >= 0.3 is 0 Å². The molecule has 0 saturated carbocycles. The molecule has 0 amide bonds. The fourth-order valence-corrected chi connectivity index (χ4v) is 1.89. The lowest BCUT2D eigenvalue weighted by molar-refractivity contribution is 0.407. The van der Waals surface area contributed by atoms with Gasteiger partial charge in [-0.15, -0.1) is 0 Å². The summed E-state index contributed by atoms with van der Waals surface area (Å²) in [6, 6.07) is 4.25. The highest BCUT2D eigenvalue weighted by Gasteiger charge is 2.10. The summed E-state index contributed by atoms with van der Waals surface area (Å²) in [4.78, 5) is 0. The molecule has 0 heterocycles. The highest BCUT2D eigenvalue weighted by Crippen LogP contribution is 2.31. The first-order valence-corrected chi connectivity index (χ1v) is 6.20. The molecule has 15 heavy (non-hydrogen) atoms. The maximum atomic E-state index is 5.38. The Balaban J connectivity index is 3.17. The number of methoxy groups -OCH3 is 1. The molecule has 0 radical (unpaired) electrons. The highest BCUT2D eigenvalue weighted by molar-refractivity contribution is 9.09. The van der Waals surface area contributed by atoms with Gasteiger partial charge in [0.05, 0.1) is 12.6 Å². The quantitative estimate of drug-likeness (QED) is 0.663. The zero-order valence-electron chi connectivity index (χ0n) is 9.73. The van der Waals surface area contributed by atoms with Gasteiger partial charge in [-0.25, -0.2) is 0 Å². The van der Waals surface area contributed by atoms with Crippen LogP contribution in [0.2, 0.25) is 0 Å². The first-order valence-electron chi connectivity index (χ1n) is 5.08. The van der Waals surface area contributed by atoms with Crippen LogP contribution in [0, 0.1) is 6.92 Å². The number of hydrogen-bond acceptors (Lipinski definition) is 2. The Bertz CT molecular complexity index is 337. The lowest BCUT2D eigenvalue weighted by Gasteiger charge is -2.16. The topological polar surface area (TPSA) is 21.3 Å². The van der Waals surface area contributed by atoms with Gasteiger partial charge in [-0.2, -0.15) is 0 Å². The number of benzene rings is 1. The number of rotatable bonds is 4. The molecule has 0 unspecified atom stereocenters. The van der Waals surface area contributed by atoms with Crippen molar-refractivity contribution in [2.45, 2.75) is 26.7 Å². The van der Waals surface area contributed by atoms with Gasteiger partial charge in [-0.3, -0.25) is 0 Å². The normalized spacial score (nSPS) is 10.5. The van der Waals surface area contributed by atoms with E-state index < -0.39 is 0 Å². The Labute approximate surface area is 100 Å². The van der Waals surface area contributed by atoms with Gasteiger partial charge < -0.3 is 10.1 Å². The molecule has 0 spiro atoms. The number of anilines is 1. The summed E-state index contributed by atoms with van der Waals surface area (Å²) in [5.74, 6) is 1.44. The van der Waals surface area contributed by atoms with Crippen molar-refractivity contribution in [3.63, 3.8) is 0 Å². The third-order valence-electron chi connectivity index (χ3n) is 2.46. The minimum atomic E-state index is 0.469. The van der Waals surface area contributed by atoms with E-state index in [4.69, 9.17) is 4.74 Å². The molecular formula is C12H18BrNO. The standard InChI is InChI=1S/C12H18BrNO/c1-8(2)10-6-11(14-7-13)9(3)5-12(10)15-4/h5-6,8,14H,7H2,1-4H3. The van der Waals surface area contributed by atoms with Crippen LogP contribution in [0.3, 0.4) is 0 Å². The smallest absolute Gasteiger partial charge is 0.122 e. The molecule has 0 saturated heterocycles. The van der Waals surface area contributed by atoms with Gasteiger partial charge in [0.2, 0.25) is 0 Å². The Morgan fingerprint density at radius 3 is 2.53 bits per heavy atom. The molecule has 0 aliphatic rings. The summed E-state index contributed by atoms with van der Waals surface area (Å²) < 4.78 is 5.38. The monoisotopic (exact) mass is 271 g/mol. The molecule has 1 rings (SSSR count). The van der Waals surface area contributed by atoms with Crippen molar-refractivity contribution >= 4 is 21.6 Å². The first kappa shape index (κ1) is 12.4. The van der Waals surface area contributed by atoms with Crippen LogP contribution < -0.4 is 10.1 Å². The maximum absolute atomic E-state index is 5.38. The summed E-state index contributed by atoms with van der Waals surface area (Å²) in [7, 11) is 1.72. The predicted molar refractivity (Wildman–Crippen MR) is 69.2 cm³/mol. The van der Waals surface area contributed by atoms with E-state index in [0.29, 0.717) is 5.92 Å². The van der Waals surface area contributed by atoms with Crippen LogP contribution in [0.4, 0.5) is 5.69 Å². The molecule has 0 fully saturated rings.